The van der Waals surface area contributed by atoms with Gasteiger partial charge in [-0.3, -0.25) is 4.90 Å². The standard InChI is InChI=1S/C12H20N2/c1-3-10(8-13)14-11-4-5-12(14)7-9(2)6-11/h9-12H,3-7H2,1-2H3. The Morgan fingerprint density at radius 3 is 2.36 bits per heavy atom. The van der Waals surface area contributed by atoms with Gasteiger partial charge in [0.1, 0.15) is 0 Å². The van der Waals surface area contributed by atoms with Crippen LogP contribution in [0, 0.1) is 17.2 Å². The third-order valence-corrected chi connectivity index (χ3v) is 3.92. The SMILES string of the molecule is CCC(C#N)N1C2CCC1CC(C)C2. The van der Waals surface area contributed by atoms with Crippen LogP contribution in [-0.2, 0) is 0 Å². The molecular weight excluding hydrogens is 172 g/mol. The molecule has 3 unspecified atom stereocenters. The average Bonchev–Trinajstić information content (AvgIpc) is 2.45. The first-order chi connectivity index (χ1) is 6.76. The molecule has 0 amide bonds. The predicted octanol–water partition coefficient (Wildman–Crippen LogP) is 2.55. The molecule has 78 valence electrons. The first-order valence-electron chi connectivity index (χ1n) is 5.93. The molecule has 0 aromatic rings. The Bertz CT molecular complexity index is 229. The molecule has 2 rings (SSSR count). The van der Waals surface area contributed by atoms with Crippen molar-refractivity contribution in [3.05, 3.63) is 0 Å². The molecule has 2 bridgehead atoms. The van der Waals surface area contributed by atoms with Crippen molar-refractivity contribution in [3.8, 4) is 6.07 Å². The Kier molecular flexibility index (Phi) is 2.78. The summed E-state index contributed by atoms with van der Waals surface area (Å²) in [5.41, 5.74) is 0. The lowest BCUT2D eigenvalue weighted by Gasteiger charge is -2.40. The van der Waals surface area contributed by atoms with Crippen LogP contribution in [0.15, 0.2) is 0 Å². The summed E-state index contributed by atoms with van der Waals surface area (Å²) < 4.78 is 0. The first-order valence-corrected chi connectivity index (χ1v) is 5.93. The normalized spacial score (nSPS) is 39.4. The van der Waals surface area contributed by atoms with E-state index in [2.05, 4.69) is 24.8 Å². The van der Waals surface area contributed by atoms with E-state index in [0.29, 0.717) is 12.1 Å². The molecule has 0 N–H and O–H groups in total. The second-order valence-electron chi connectivity index (χ2n) is 4.96. The molecule has 0 aromatic heterocycles. The number of hydrogen-bond acceptors (Lipinski definition) is 2. The second kappa shape index (κ2) is 3.90. The fourth-order valence-corrected chi connectivity index (χ4v) is 3.36. The largest absolute Gasteiger partial charge is 0.282 e. The monoisotopic (exact) mass is 192 g/mol. The third kappa shape index (κ3) is 1.54. The maximum atomic E-state index is 9.12. The van der Waals surface area contributed by atoms with Gasteiger partial charge in [0, 0.05) is 12.1 Å². The number of rotatable bonds is 2. The second-order valence-corrected chi connectivity index (χ2v) is 4.96. The van der Waals surface area contributed by atoms with E-state index in [4.69, 9.17) is 5.26 Å². The predicted molar refractivity (Wildman–Crippen MR) is 56.7 cm³/mol. The van der Waals surface area contributed by atoms with Crippen LogP contribution < -0.4 is 0 Å². The van der Waals surface area contributed by atoms with Gasteiger partial charge < -0.3 is 0 Å². The van der Waals surface area contributed by atoms with Crippen molar-refractivity contribution in [1.29, 1.82) is 5.26 Å². The Balaban J connectivity index is 2.11. The molecule has 2 aliphatic rings. The molecule has 2 aliphatic heterocycles. The highest BCUT2D eigenvalue weighted by Crippen LogP contribution is 2.39. The Morgan fingerprint density at radius 1 is 1.36 bits per heavy atom. The molecule has 3 atom stereocenters. The molecule has 2 fully saturated rings. The first kappa shape index (κ1) is 9.98. The average molecular weight is 192 g/mol. The molecule has 2 saturated heterocycles. The van der Waals surface area contributed by atoms with Gasteiger partial charge in [0.05, 0.1) is 12.1 Å². The van der Waals surface area contributed by atoms with Crippen LogP contribution in [0.25, 0.3) is 0 Å². The topological polar surface area (TPSA) is 27.0 Å². The third-order valence-electron chi connectivity index (χ3n) is 3.92. The Morgan fingerprint density at radius 2 is 1.93 bits per heavy atom. The summed E-state index contributed by atoms with van der Waals surface area (Å²) in [6, 6.07) is 4.08. The molecule has 2 heteroatoms. The summed E-state index contributed by atoms with van der Waals surface area (Å²) in [5.74, 6) is 0.875. The van der Waals surface area contributed by atoms with Crippen LogP contribution >= 0.6 is 0 Å². The van der Waals surface area contributed by atoms with Gasteiger partial charge in [-0.2, -0.15) is 5.26 Å². The van der Waals surface area contributed by atoms with Crippen LogP contribution in [0.1, 0.15) is 46.0 Å². The zero-order chi connectivity index (χ0) is 10.1. The molecule has 14 heavy (non-hydrogen) atoms. The van der Waals surface area contributed by atoms with Crippen LogP contribution in [0.3, 0.4) is 0 Å². The van der Waals surface area contributed by atoms with Gasteiger partial charge in [-0.15, -0.1) is 0 Å². The van der Waals surface area contributed by atoms with Crippen molar-refractivity contribution in [2.24, 2.45) is 5.92 Å². The highest BCUT2D eigenvalue weighted by atomic mass is 15.2. The molecule has 0 aliphatic carbocycles. The van der Waals surface area contributed by atoms with E-state index in [1.807, 2.05) is 0 Å². The number of piperidine rings is 1. The lowest BCUT2D eigenvalue weighted by Crippen LogP contribution is -2.47. The zero-order valence-corrected chi connectivity index (χ0v) is 9.24. The smallest absolute Gasteiger partial charge is 0.0980 e. The minimum Gasteiger partial charge on any atom is -0.282 e. The quantitative estimate of drug-likeness (QED) is 0.672. The number of nitriles is 1. The Labute approximate surface area is 86.9 Å². The molecule has 0 saturated carbocycles. The Hall–Kier alpha value is -0.550. The van der Waals surface area contributed by atoms with Crippen molar-refractivity contribution in [2.75, 3.05) is 0 Å². The minimum atomic E-state index is 0.181. The summed E-state index contributed by atoms with van der Waals surface area (Å²) in [7, 11) is 0. The van der Waals surface area contributed by atoms with Gasteiger partial charge >= 0.3 is 0 Å². The lowest BCUT2D eigenvalue weighted by molar-refractivity contribution is 0.0838. The molecular formula is C12H20N2. The van der Waals surface area contributed by atoms with Crippen LogP contribution in [0.4, 0.5) is 0 Å². The van der Waals surface area contributed by atoms with E-state index in [-0.39, 0.29) is 6.04 Å². The van der Waals surface area contributed by atoms with E-state index in [0.717, 1.165) is 12.3 Å². The van der Waals surface area contributed by atoms with Crippen LogP contribution in [0.5, 0.6) is 0 Å². The van der Waals surface area contributed by atoms with Gasteiger partial charge in [-0.25, -0.2) is 0 Å². The van der Waals surface area contributed by atoms with Crippen molar-refractivity contribution in [2.45, 2.75) is 64.1 Å². The molecule has 0 spiro atoms. The molecule has 0 aromatic carbocycles. The van der Waals surface area contributed by atoms with Crippen molar-refractivity contribution in [3.63, 3.8) is 0 Å². The van der Waals surface area contributed by atoms with Crippen molar-refractivity contribution >= 4 is 0 Å². The number of hydrogen-bond donors (Lipinski definition) is 0. The van der Waals surface area contributed by atoms with Gasteiger partial charge in [0.15, 0.2) is 0 Å². The van der Waals surface area contributed by atoms with Gasteiger partial charge in [0.2, 0.25) is 0 Å². The molecule has 2 nitrogen and oxygen atoms in total. The van der Waals surface area contributed by atoms with Crippen LogP contribution in [-0.4, -0.2) is 23.0 Å². The van der Waals surface area contributed by atoms with E-state index < -0.39 is 0 Å². The van der Waals surface area contributed by atoms with Crippen molar-refractivity contribution in [1.82, 2.24) is 4.90 Å². The van der Waals surface area contributed by atoms with E-state index >= 15 is 0 Å². The molecule has 2 heterocycles. The van der Waals surface area contributed by atoms with E-state index in [1.54, 1.807) is 0 Å². The minimum absolute atomic E-state index is 0.181. The highest BCUT2D eigenvalue weighted by molar-refractivity contribution is 5.03. The van der Waals surface area contributed by atoms with E-state index in [1.165, 1.54) is 25.7 Å². The number of fused-ring (bicyclic) bond motifs is 2. The maximum absolute atomic E-state index is 9.12. The summed E-state index contributed by atoms with van der Waals surface area (Å²) in [4.78, 5) is 2.51. The van der Waals surface area contributed by atoms with Gasteiger partial charge in [-0.05, 0) is 38.0 Å². The molecule has 0 radical (unpaired) electrons. The van der Waals surface area contributed by atoms with Gasteiger partial charge in [0.25, 0.3) is 0 Å². The van der Waals surface area contributed by atoms with Gasteiger partial charge in [-0.1, -0.05) is 13.8 Å². The number of nitrogens with zero attached hydrogens (tertiary/aromatic N) is 2. The summed E-state index contributed by atoms with van der Waals surface area (Å²) >= 11 is 0. The summed E-state index contributed by atoms with van der Waals surface area (Å²) in [6.07, 6.45) is 6.27. The van der Waals surface area contributed by atoms with Crippen molar-refractivity contribution < 1.29 is 0 Å². The van der Waals surface area contributed by atoms with E-state index in [9.17, 15) is 0 Å². The van der Waals surface area contributed by atoms with Crippen LogP contribution in [0.2, 0.25) is 0 Å². The highest BCUT2D eigenvalue weighted by Gasteiger charge is 2.42. The lowest BCUT2D eigenvalue weighted by atomic mass is 9.91. The zero-order valence-electron chi connectivity index (χ0n) is 9.24. The fourth-order valence-electron chi connectivity index (χ4n) is 3.36. The summed E-state index contributed by atoms with van der Waals surface area (Å²) in [5, 5.41) is 9.12. The fraction of sp³-hybridized carbons (Fsp3) is 0.917. The summed E-state index contributed by atoms with van der Waals surface area (Å²) in [6.45, 7) is 4.49. The maximum Gasteiger partial charge on any atom is 0.0980 e.